The normalized spacial score (nSPS) is 15.5. The second-order valence-corrected chi connectivity index (χ2v) is 7.04. The van der Waals surface area contributed by atoms with Gasteiger partial charge < -0.3 is 14.7 Å². The number of carbonyl (C=O) groups is 1. The summed E-state index contributed by atoms with van der Waals surface area (Å²) in [7, 11) is 0. The molecule has 6 nitrogen and oxygen atoms in total. The molecule has 0 radical (unpaired) electrons. The van der Waals surface area contributed by atoms with E-state index in [0.717, 1.165) is 24.4 Å². The Labute approximate surface area is 146 Å². The van der Waals surface area contributed by atoms with Crippen molar-refractivity contribution in [2.45, 2.75) is 38.5 Å². The van der Waals surface area contributed by atoms with Crippen molar-refractivity contribution in [3.8, 4) is 10.7 Å². The van der Waals surface area contributed by atoms with Gasteiger partial charge in [-0.15, -0.1) is 11.3 Å². The van der Waals surface area contributed by atoms with Crippen LogP contribution in [0.1, 0.15) is 38.0 Å². The van der Waals surface area contributed by atoms with Crippen LogP contribution < -0.4 is 5.32 Å². The van der Waals surface area contributed by atoms with E-state index >= 15 is 0 Å². The summed E-state index contributed by atoms with van der Waals surface area (Å²) in [6.45, 7) is 4.23. The molecule has 0 aliphatic carbocycles. The number of amides is 1. The lowest BCUT2D eigenvalue weighted by molar-refractivity contribution is -0.121. The van der Waals surface area contributed by atoms with E-state index in [1.807, 2.05) is 17.5 Å². The van der Waals surface area contributed by atoms with Crippen LogP contribution in [0.2, 0.25) is 0 Å². The average molecular weight is 348 g/mol. The van der Waals surface area contributed by atoms with Crippen LogP contribution in [0.15, 0.2) is 22.0 Å². The summed E-state index contributed by atoms with van der Waals surface area (Å²) in [6.07, 6.45) is 5.85. The molecule has 0 atom stereocenters. The van der Waals surface area contributed by atoms with E-state index in [2.05, 4.69) is 20.4 Å². The molecule has 0 spiro atoms. The van der Waals surface area contributed by atoms with Gasteiger partial charge in [0.1, 0.15) is 0 Å². The first-order chi connectivity index (χ1) is 11.8. The van der Waals surface area contributed by atoms with E-state index < -0.39 is 0 Å². The molecule has 0 saturated carbocycles. The number of carbonyl (C=O) groups excluding carboxylic acids is 1. The quantitative estimate of drug-likeness (QED) is 0.743. The molecular formula is C17H24N4O2S. The van der Waals surface area contributed by atoms with Crippen molar-refractivity contribution in [1.29, 1.82) is 0 Å². The fourth-order valence-electron chi connectivity index (χ4n) is 2.88. The molecule has 2 aromatic rings. The lowest BCUT2D eigenvalue weighted by Crippen LogP contribution is -2.33. The molecule has 2 aromatic heterocycles. The van der Waals surface area contributed by atoms with Crippen LogP contribution in [0.25, 0.3) is 10.7 Å². The van der Waals surface area contributed by atoms with Crippen molar-refractivity contribution in [3.05, 3.63) is 23.4 Å². The summed E-state index contributed by atoms with van der Waals surface area (Å²) in [6, 6.07) is 3.90. The third kappa shape index (κ3) is 5.14. The number of thiophene rings is 1. The number of rotatable bonds is 8. The van der Waals surface area contributed by atoms with Crippen molar-refractivity contribution in [2.75, 3.05) is 26.2 Å². The summed E-state index contributed by atoms with van der Waals surface area (Å²) in [5, 5.41) is 8.90. The Morgan fingerprint density at radius 2 is 2.21 bits per heavy atom. The fraction of sp³-hybridized carbons (Fsp3) is 0.588. The lowest BCUT2D eigenvalue weighted by Gasteiger charge is -2.26. The molecular weight excluding hydrogens is 324 g/mol. The van der Waals surface area contributed by atoms with Crippen molar-refractivity contribution in [3.63, 3.8) is 0 Å². The first kappa shape index (κ1) is 17.1. The highest BCUT2D eigenvalue weighted by Gasteiger charge is 2.12. The number of nitrogens with one attached hydrogen (secondary N) is 1. The van der Waals surface area contributed by atoms with Crippen LogP contribution in [0.4, 0.5) is 0 Å². The monoisotopic (exact) mass is 348 g/mol. The van der Waals surface area contributed by atoms with Gasteiger partial charge in [-0.3, -0.25) is 4.79 Å². The number of aromatic nitrogens is 2. The maximum atomic E-state index is 11.9. The molecule has 1 fully saturated rings. The van der Waals surface area contributed by atoms with Gasteiger partial charge in [0, 0.05) is 19.4 Å². The zero-order valence-corrected chi connectivity index (χ0v) is 14.7. The van der Waals surface area contributed by atoms with Crippen LogP contribution in [0, 0.1) is 0 Å². The molecule has 0 aromatic carbocycles. The summed E-state index contributed by atoms with van der Waals surface area (Å²) < 4.78 is 5.20. The average Bonchev–Trinajstić information content (AvgIpc) is 3.29. The van der Waals surface area contributed by atoms with E-state index in [1.165, 1.54) is 32.4 Å². The molecule has 130 valence electrons. The second-order valence-electron chi connectivity index (χ2n) is 6.09. The standard InChI is InChI=1S/C17H24N4O2S/c22-15(18-9-5-12-21-10-2-1-3-11-21)7-8-16-19-17(20-23-16)14-6-4-13-24-14/h4,6,13H,1-3,5,7-12H2,(H,18,22). The number of likely N-dealkylation sites (tertiary alicyclic amines) is 1. The second kappa shape index (κ2) is 8.94. The van der Waals surface area contributed by atoms with Gasteiger partial charge in [-0.25, -0.2) is 0 Å². The minimum atomic E-state index is 0.0458. The summed E-state index contributed by atoms with van der Waals surface area (Å²) in [4.78, 5) is 19.7. The number of hydrogen-bond donors (Lipinski definition) is 1. The lowest BCUT2D eigenvalue weighted by atomic mass is 10.1. The topological polar surface area (TPSA) is 71.3 Å². The Morgan fingerprint density at radius 1 is 1.33 bits per heavy atom. The minimum absolute atomic E-state index is 0.0458. The van der Waals surface area contributed by atoms with Crippen LogP contribution in [0.5, 0.6) is 0 Å². The van der Waals surface area contributed by atoms with E-state index in [9.17, 15) is 4.79 Å². The molecule has 1 aliphatic rings. The molecule has 0 bridgehead atoms. The van der Waals surface area contributed by atoms with Gasteiger partial charge in [-0.1, -0.05) is 17.6 Å². The number of piperidine rings is 1. The van der Waals surface area contributed by atoms with Crippen LogP contribution in [-0.4, -0.2) is 47.1 Å². The highest BCUT2D eigenvalue weighted by Crippen LogP contribution is 2.21. The molecule has 0 unspecified atom stereocenters. The van der Waals surface area contributed by atoms with Gasteiger partial charge in [-0.2, -0.15) is 4.98 Å². The molecule has 24 heavy (non-hydrogen) atoms. The summed E-state index contributed by atoms with van der Waals surface area (Å²) in [5.74, 6) is 1.16. The van der Waals surface area contributed by atoms with Crippen LogP contribution >= 0.6 is 11.3 Å². The predicted molar refractivity (Wildman–Crippen MR) is 93.8 cm³/mol. The van der Waals surface area contributed by atoms with Gasteiger partial charge in [0.05, 0.1) is 4.88 Å². The van der Waals surface area contributed by atoms with Crippen molar-refractivity contribution >= 4 is 17.2 Å². The minimum Gasteiger partial charge on any atom is -0.356 e. The number of nitrogens with zero attached hydrogens (tertiary/aromatic N) is 3. The van der Waals surface area contributed by atoms with Crippen molar-refractivity contribution in [1.82, 2.24) is 20.4 Å². The Morgan fingerprint density at radius 3 is 3.00 bits per heavy atom. The highest BCUT2D eigenvalue weighted by molar-refractivity contribution is 7.13. The van der Waals surface area contributed by atoms with Gasteiger partial charge in [0.25, 0.3) is 0 Å². The maximum Gasteiger partial charge on any atom is 0.227 e. The summed E-state index contributed by atoms with van der Waals surface area (Å²) in [5.41, 5.74) is 0. The van der Waals surface area contributed by atoms with Crippen LogP contribution in [0.3, 0.4) is 0 Å². The largest absolute Gasteiger partial charge is 0.356 e. The van der Waals surface area contributed by atoms with Crippen LogP contribution in [-0.2, 0) is 11.2 Å². The van der Waals surface area contributed by atoms with Gasteiger partial charge in [0.2, 0.25) is 17.6 Å². The summed E-state index contributed by atoms with van der Waals surface area (Å²) >= 11 is 1.57. The van der Waals surface area contributed by atoms with Gasteiger partial charge in [0.15, 0.2) is 0 Å². The molecule has 1 N–H and O–H groups in total. The number of hydrogen-bond acceptors (Lipinski definition) is 6. The third-order valence-electron chi connectivity index (χ3n) is 4.20. The first-order valence-corrected chi connectivity index (χ1v) is 9.55. The molecule has 1 aliphatic heterocycles. The van der Waals surface area contributed by atoms with E-state index in [1.54, 1.807) is 11.3 Å². The van der Waals surface area contributed by atoms with Gasteiger partial charge in [-0.05, 0) is 50.3 Å². The third-order valence-corrected chi connectivity index (χ3v) is 5.06. The molecule has 3 rings (SSSR count). The Bertz CT molecular complexity index is 620. The Kier molecular flexibility index (Phi) is 6.37. The van der Waals surface area contributed by atoms with E-state index in [-0.39, 0.29) is 5.91 Å². The Balaban J connectivity index is 1.31. The van der Waals surface area contributed by atoms with Crippen molar-refractivity contribution in [2.24, 2.45) is 0 Å². The molecule has 7 heteroatoms. The van der Waals surface area contributed by atoms with Gasteiger partial charge >= 0.3 is 0 Å². The SMILES string of the molecule is O=C(CCc1nc(-c2cccs2)no1)NCCCN1CCCCC1. The maximum absolute atomic E-state index is 11.9. The first-order valence-electron chi connectivity index (χ1n) is 8.67. The number of aryl methyl sites for hydroxylation is 1. The van der Waals surface area contributed by atoms with Crippen molar-refractivity contribution < 1.29 is 9.32 Å². The van der Waals surface area contributed by atoms with E-state index in [0.29, 0.717) is 24.6 Å². The van der Waals surface area contributed by atoms with E-state index in [4.69, 9.17) is 4.52 Å². The Hall–Kier alpha value is -1.73. The highest BCUT2D eigenvalue weighted by atomic mass is 32.1. The fourth-order valence-corrected chi connectivity index (χ4v) is 3.53. The predicted octanol–water partition coefficient (Wildman–Crippen LogP) is 2.72. The smallest absolute Gasteiger partial charge is 0.227 e. The molecule has 3 heterocycles. The molecule has 1 saturated heterocycles. The zero-order valence-electron chi connectivity index (χ0n) is 13.9. The zero-order chi connectivity index (χ0) is 16.6. The molecule has 1 amide bonds.